The molecule has 0 unspecified atom stereocenters. The highest BCUT2D eigenvalue weighted by Gasteiger charge is 2.31. The number of thiophene rings is 1. The number of carbonyl (C=O) groups is 2. The first-order valence-corrected chi connectivity index (χ1v) is 14.1. The summed E-state index contributed by atoms with van der Waals surface area (Å²) in [5.41, 5.74) is 1.31. The summed E-state index contributed by atoms with van der Waals surface area (Å²) in [6, 6.07) is 6.58. The number of hydrogen-bond acceptors (Lipinski definition) is 8. The van der Waals surface area contributed by atoms with Crippen LogP contribution in [0.1, 0.15) is 40.6 Å². The first-order chi connectivity index (χ1) is 17.4. The molecular weight excluding hydrogens is 502 g/mol. The van der Waals surface area contributed by atoms with Crippen molar-refractivity contribution in [2.24, 2.45) is 0 Å². The molecule has 9 nitrogen and oxygen atoms in total. The van der Waals surface area contributed by atoms with E-state index in [9.17, 15) is 18.0 Å². The first-order valence-electron chi connectivity index (χ1n) is 11.8. The Labute approximate surface area is 214 Å². The standard InChI is InChI=1S/C25H29N3O6S2/c1-3-34-25(30)23-19-8-4-5-9-20(19)35-24(23)27-22(29)16-28(13-14-33-2)36(31,32)21-10-6-7-17-15-26-12-11-18(17)21/h6-7,10-12,15H,3-5,8-9,13-14,16H2,1-2H3,(H,27,29). The van der Waals surface area contributed by atoms with Crippen LogP contribution in [0, 0.1) is 0 Å². The van der Waals surface area contributed by atoms with Crippen LogP contribution in [0.15, 0.2) is 41.6 Å². The number of sulfonamides is 1. The number of hydrogen-bond donors (Lipinski definition) is 1. The van der Waals surface area contributed by atoms with Gasteiger partial charge in [-0.1, -0.05) is 12.1 Å². The van der Waals surface area contributed by atoms with Gasteiger partial charge in [0, 0.05) is 41.7 Å². The number of amides is 1. The zero-order valence-electron chi connectivity index (χ0n) is 20.3. The summed E-state index contributed by atoms with van der Waals surface area (Å²) in [7, 11) is -2.58. The number of aryl methyl sites for hydroxylation is 1. The maximum absolute atomic E-state index is 13.7. The normalized spacial score (nSPS) is 13.5. The molecule has 2 heterocycles. The molecule has 0 bridgehead atoms. The van der Waals surface area contributed by atoms with Crippen LogP contribution in [0.5, 0.6) is 0 Å². The number of rotatable bonds is 10. The third-order valence-electron chi connectivity index (χ3n) is 6.03. The van der Waals surface area contributed by atoms with Gasteiger partial charge in [-0.05, 0) is 50.3 Å². The van der Waals surface area contributed by atoms with Crippen LogP contribution < -0.4 is 5.32 Å². The number of anilines is 1. The maximum Gasteiger partial charge on any atom is 0.341 e. The predicted molar refractivity (Wildman–Crippen MR) is 138 cm³/mol. The van der Waals surface area contributed by atoms with Crippen molar-refractivity contribution in [2.45, 2.75) is 37.5 Å². The SMILES string of the molecule is CCOC(=O)c1c(NC(=O)CN(CCOC)S(=O)(=O)c2cccc3cnccc23)sc2c1CCCC2. The smallest absolute Gasteiger partial charge is 0.341 e. The minimum atomic E-state index is -4.05. The number of carbonyl (C=O) groups excluding carboxylic acids is 2. The summed E-state index contributed by atoms with van der Waals surface area (Å²) < 4.78 is 38.8. The average molecular weight is 532 g/mol. The molecule has 0 saturated heterocycles. The largest absolute Gasteiger partial charge is 0.462 e. The molecule has 0 spiro atoms. The van der Waals surface area contributed by atoms with Gasteiger partial charge in [0.2, 0.25) is 15.9 Å². The lowest BCUT2D eigenvalue weighted by atomic mass is 9.95. The van der Waals surface area contributed by atoms with Gasteiger partial charge < -0.3 is 14.8 Å². The van der Waals surface area contributed by atoms with E-state index in [1.165, 1.54) is 30.7 Å². The van der Waals surface area contributed by atoms with Crippen molar-refractivity contribution in [3.05, 3.63) is 52.7 Å². The summed E-state index contributed by atoms with van der Waals surface area (Å²) in [4.78, 5) is 31.1. The van der Waals surface area contributed by atoms with Gasteiger partial charge in [-0.3, -0.25) is 9.78 Å². The van der Waals surface area contributed by atoms with Gasteiger partial charge >= 0.3 is 5.97 Å². The van der Waals surface area contributed by atoms with E-state index in [-0.39, 0.29) is 24.7 Å². The van der Waals surface area contributed by atoms with Crippen molar-refractivity contribution in [1.29, 1.82) is 0 Å². The second kappa shape index (κ2) is 11.5. The summed E-state index contributed by atoms with van der Waals surface area (Å²) >= 11 is 1.36. The van der Waals surface area contributed by atoms with Gasteiger partial charge in [-0.25, -0.2) is 13.2 Å². The van der Waals surface area contributed by atoms with Gasteiger partial charge in [0.25, 0.3) is 0 Å². The molecule has 11 heteroatoms. The summed E-state index contributed by atoms with van der Waals surface area (Å²) in [5.74, 6) is -1.01. The molecule has 4 rings (SSSR count). The van der Waals surface area contributed by atoms with E-state index >= 15 is 0 Å². The molecule has 3 aromatic rings. The van der Waals surface area contributed by atoms with E-state index < -0.39 is 28.4 Å². The number of pyridine rings is 1. The minimum Gasteiger partial charge on any atom is -0.462 e. The number of esters is 1. The van der Waals surface area contributed by atoms with Gasteiger partial charge in [0.15, 0.2) is 0 Å². The van der Waals surface area contributed by atoms with Crippen LogP contribution in [-0.2, 0) is 37.1 Å². The van der Waals surface area contributed by atoms with E-state index in [1.807, 2.05) is 0 Å². The molecule has 1 N–H and O–H groups in total. The third-order valence-corrected chi connectivity index (χ3v) is 9.14. The molecule has 192 valence electrons. The van der Waals surface area contributed by atoms with E-state index in [0.717, 1.165) is 40.4 Å². The molecule has 36 heavy (non-hydrogen) atoms. The third kappa shape index (κ3) is 5.44. The fourth-order valence-corrected chi connectivity index (χ4v) is 7.22. The Kier molecular flexibility index (Phi) is 8.35. The van der Waals surface area contributed by atoms with Crippen LogP contribution >= 0.6 is 11.3 Å². The average Bonchev–Trinajstić information content (AvgIpc) is 3.23. The number of nitrogens with one attached hydrogen (secondary N) is 1. The van der Waals surface area contributed by atoms with E-state index in [1.54, 1.807) is 31.3 Å². The Balaban J connectivity index is 1.63. The summed E-state index contributed by atoms with van der Waals surface area (Å²) in [6.07, 6.45) is 6.70. The molecule has 0 atom stereocenters. The van der Waals surface area contributed by atoms with Crippen molar-refractivity contribution in [3.8, 4) is 0 Å². The first kappa shape index (κ1) is 26.2. The molecule has 0 fully saturated rings. The highest BCUT2D eigenvalue weighted by atomic mass is 32.2. The molecule has 1 aliphatic carbocycles. The Bertz CT molecular complexity index is 1360. The number of benzene rings is 1. The van der Waals surface area contributed by atoms with Crippen molar-refractivity contribution in [3.63, 3.8) is 0 Å². The molecule has 0 saturated carbocycles. The molecule has 1 aliphatic rings. The minimum absolute atomic E-state index is 0.0145. The fourth-order valence-electron chi connectivity index (χ4n) is 4.33. The maximum atomic E-state index is 13.7. The monoisotopic (exact) mass is 531 g/mol. The Morgan fingerprint density at radius 3 is 2.78 bits per heavy atom. The zero-order valence-corrected chi connectivity index (χ0v) is 21.9. The molecular formula is C25H29N3O6S2. The number of ether oxygens (including phenoxy) is 2. The van der Waals surface area contributed by atoms with Crippen LogP contribution in [0.3, 0.4) is 0 Å². The quantitative estimate of drug-likeness (QED) is 0.397. The van der Waals surface area contributed by atoms with Gasteiger partial charge in [-0.2, -0.15) is 4.31 Å². The summed E-state index contributed by atoms with van der Waals surface area (Å²) in [5, 5.41) is 4.40. The van der Waals surface area contributed by atoms with E-state index in [0.29, 0.717) is 21.3 Å². The Hall–Kier alpha value is -2.86. The van der Waals surface area contributed by atoms with E-state index in [4.69, 9.17) is 9.47 Å². The lowest BCUT2D eigenvalue weighted by Gasteiger charge is -2.22. The van der Waals surface area contributed by atoms with Crippen LogP contribution in [0.2, 0.25) is 0 Å². The van der Waals surface area contributed by atoms with Crippen LogP contribution in [0.25, 0.3) is 10.8 Å². The van der Waals surface area contributed by atoms with Gasteiger partial charge in [0.1, 0.15) is 5.00 Å². The molecule has 0 radical (unpaired) electrons. The fraction of sp³-hybridized carbons (Fsp3) is 0.400. The lowest BCUT2D eigenvalue weighted by Crippen LogP contribution is -2.40. The second-order valence-electron chi connectivity index (χ2n) is 8.37. The van der Waals surface area contributed by atoms with Crippen LogP contribution in [-0.4, -0.2) is 63.0 Å². The highest BCUT2D eigenvalue weighted by molar-refractivity contribution is 7.89. The molecule has 1 amide bonds. The van der Waals surface area contributed by atoms with Crippen molar-refractivity contribution >= 4 is 49.0 Å². The van der Waals surface area contributed by atoms with Gasteiger partial charge in [0.05, 0.1) is 30.2 Å². The number of aromatic nitrogens is 1. The van der Waals surface area contributed by atoms with Crippen molar-refractivity contribution in [2.75, 3.05) is 38.7 Å². The summed E-state index contributed by atoms with van der Waals surface area (Å²) in [6.45, 7) is 1.62. The number of methoxy groups -OCH3 is 1. The van der Waals surface area contributed by atoms with Crippen molar-refractivity contribution in [1.82, 2.24) is 9.29 Å². The van der Waals surface area contributed by atoms with Crippen LogP contribution in [0.4, 0.5) is 5.00 Å². The Morgan fingerprint density at radius 1 is 1.19 bits per heavy atom. The van der Waals surface area contributed by atoms with E-state index in [2.05, 4.69) is 10.3 Å². The molecule has 0 aliphatic heterocycles. The number of nitrogens with zero attached hydrogens (tertiary/aromatic N) is 2. The molecule has 1 aromatic carbocycles. The topological polar surface area (TPSA) is 115 Å². The Morgan fingerprint density at radius 2 is 2.00 bits per heavy atom. The highest BCUT2D eigenvalue weighted by Crippen LogP contribution is 2.38. The van der Waals surface area contributed by atoms with Gasteiger partial charge in [-0.15, -0.1) is 11.3 Å². The molecule has 2 aromatic heterocycles. The lowest BCUT2D eigenvalue weighted by molar-refractivity contribution is -0.116. The second-order valence-corrected chi connectivity index (χ2v) is 11.4. The number of fused-ring (bicyclic) bond motifs is 2. The zero-order chi connectivity index (χ0) is 25.7. The predicted octanol–water partition coefficient (Wildman–Crippen LogP) is 3.63. The van der Waals surface area contributed by atoms with Crippen molar-refractivity contribution < 1.29 is 27.5 Å².